The van der Waals surface area contributed by atoms with Crippen LogP contribution in [0.2, 0.25) is 0 Å². The molecule has 2 aliphatic rings. The summed E-state index contributed by atoms with van der Waals surface area (Å²) in [5.41, 5.74) is 5.27. The summed E-state index contributed by atoms with van der Waals surface area (Å²) in [5, 5.41) is 2.97. The molecule has 5 nitrogen and oxygen atoms in total. The van der Waals surface area contributed by atoms with Gasteiger partial charge in [0.05, 0.1) is 23.9 Å². The second-order valence-corrected chi connectivity index (χ2v) is 7.45. The second-order valence-electron chi connectivity index (χ2n) is 7.45. The van der Waals surface area contributed by atoms with Crippen molar-refractivity contribution < 1.29 is 14.0 Å². The molecular formula is C22H22FN3O2. The van der Waals surface area contributed by atoms with Gasteiger partial charge >= 0.3 is 6.03 Å². The molecule has 2 aliphatic heterocycles. The van der Waals surface area contributed by atoms with Crippen molar-refractivity contribution in [3.05, 3.63) is 81.8 Å². The zero-order valence-electron chi connectivity index (χ0n) is 16.1. The van der Waals surface area contributed by atoms with E-state index in [1.54, 1.807) is 24.1 Å². The Hall–Kier alpha value is -3.15. The third-order valence-corrected chi connectivity index (χ3v) is 5.46. The predicted octanol–water partition coefficient (Wildman–Crippen LogP) is 3.44. The van der Waals surface area contributed by atoms with E-state index in [-0.39, 0.29) is 17.8 Å². The maximum absolute atomic E-state index is 13.2. The van der Waals surface area contributed by atoms with Gasteiger partial charge in [-0.3, -0.25) is 9.69 Å². The molecule has 2 aromatic rings. The minimum Gasteiger partial charge on any atom is -0.329 e. The quantitative estimate of drug-likeness (QED) is 0.888. The van der Waals surface area contributed by atoms with E-state index < -0.39 is 6.04 Å². The number of carbonyl (C=O) groups excluding carboxylic acids is 2. The van der Waals surface area contributed by atoms with Crippen LogP contribution < -0.4 is 5.32 Å². The van der Waals surface area contributed by atoms with Crippen LogP contribution in [0.5, 0.6) is 0 Å². The van der Waals surface area contributed by atoms with E-state index in [9.17, 15) is 14.0 Å². The van der Waals surface area contributed by atoms with Gasteiger partial charge in [0.1, 0.15) is 5.82 Å². The number of hydrogen-bond acceptors (Lipinski definition) is 2. The molecule has 0 aliphatic carbocycles. The minimum absolute atomic E-state index is 0.101. The van der Waals surface area contributed by atoms with Gasteiger partial charge in [-0.15, -0.1) is 0 Å². The fourth-order valence-electron chi connectivity index (χ4n) is 3.94. The molecule has 1 N–H and O–H groups in total. The van der Waals surface area contributed by atoms with E-state index in [1.165, 1.54) is 17.0 Å². The first-order valence-corrected chi connectivity index (χ1v) is 9.23. The summed E-state index contributed by atoms with van der Waals surface area (Å²) in [6, 6.07) is 11.5. The smallest absolute Gasteiger partial charge is 0.322 e. The molecule has 1 atom stereocenters. The number of halogens is 1. The lowest BCUT2D eigenvalue weighted by atomic mass is 9.91. The summed E-state index contributed by atoms with van der Waals surface area (Å²) in [7, 11) is 1.68. The van der Waals surface area contributed by atoms with Crippen LogP contribution in [0.15, 0.2) is 53.7 Å². The molecule has 2 aromatic carbocycles. The molecule has 28 heavy (non-hydrogen) atoms. The summed E-state index contributed by atoms with van der Waals surface area (Å²) in [6.45, 7) is 4.73. The van der Waals surface area contributed by atoms with Crippen LogP contribution in [0.4, 0.5) is 9.18 Å². The maximum Gasteiger partial charge on any atom is 0.322 e. The lowest BCUT2D eigenvalue weighted by Gasteiger charge is -2.31. The van der Waals surface area contributed by atoms with Gasteiger partial charge in [0.2, 0.25) is 0 Å². The maximum atomic E-state index is 13.2. The van der Waals surface area contributed by atoms with E-state index in [4.69, 9.17) is 0 Å². The summed E-state index contributed by atoms with van der Waals surface area (Å²) in [4.78, 5) is 29.0. The van der Waals surface area contributed by atoms with Gasteiger partial charge < -0.3 is 10.2 Å². The zero-order valence-corrected chi connectivity index (χ0v) is 16.1. The number of rotatable bonds is 3. The summed E-state index contributed by atoms with van der Waals surface area (Å²) in [5.74, 6) is -0.408. The Bertz CT molecular complexity index is 997. The molecule has 3 amide bonds. The topological polar surface area (TPSA) is 52.7 Å². The average molecular weight is 379 g/mol. The van der Waals surface area contributed by atoms with Crippen molar-refractivity contribution in [1.82, 2.24) is 15.1 Å². The Morgan fingerprint density at radius 3 is 2.50 bits per heavy atom. The highest BCUT2D eigenvalue weighted by molar-refractivity contribution is 6.01. The van der Waals surface area contributed by atoms with E-state index in [2.05, 4.69) is 11.4 Å². The summed E-state index contributed by atoms with van der Waals surface area (Å²) >= 11 is 0. The van der Waals surface area contributed by atoms with Crippen LogP contribution in [0.3, 0.4) is 0 Å². The van der Waals surface area contributed by atoms with Gasteiger partial charge in [-0.2, -0.15) is 0 Å². The van der Waals surface area contributed by atoms with Crippen molar-refractivity contribution in [2.45, 2.75) is 26.4 Å². The Morgan fingerprint density at radius 2 is 1.82 bits per heavy atom. The van der Waals surface area contributed by atoms with E-state index in [1.807, 2.05) is 26.0 Å². The number of amides is 3. The zero-order chi connectivity index (χ0) is 20.0. The van der Waals surface area contributed by atoms with Crippen molar-refractivity contribution in [3.63, 3.8) is 0 Å². The second kappa shape index (κ2) is 6.78. The van der Waals surface area contributed by atoms with Crippen LogP contribution in [0, 0.1) is 19.7 Å². The Labute approximate surface area is 163 Å². The number of aryl methyl sites for hydroxylation is 2. The normalized spacial score (nSPS) is 19.2. The number of carbonyl (C=O) groups is 2. The van der Waals surface area contributed by atoms with Gasteiger partial charge in [-0.05, 0) is 42.7 Å². The van der Waals surface area contributed by atoms with Crippen LogP contribution in [0.25, 0.3) is 0 Å². The summed E-state index contributed by atoms with van der Waals surface area (Å²) in [6.07, 6.45) is 0. The molecule has 4 rings (SSSR count). The number of urea groups is 1. The molecule has 0 radical (unpaired) electrons. The first-order chi connectivity index (χ1) is 13.3. The molecule has 144 valence electrons. The molecule has 0 fully saturated rings. The SMILES string of the molecule is Cc1ccc(C2NC(=O)N(C)C3=C2C(=O)N(Cc2ccc(F)cc2)C3)c(C)c1. The highest BCUT2D eigenvalue weighted by Gasteiger charge is 2.43. The van der Waals surface area contributed by atoms with Crippen molar-refractivity contribution >= 4 is 11.9 Å². The van der Waals surface area contributed by atoms with Gasteiger partial charge in [-0.25, -0.2) is 9.18 Å². The van der Waals surface area contributed by atoms with Gasteiger partial charge in [0.15, 0.2) is 0 Å². The molecular weight excluding hydrogens is 357 g/mol. The van der Waals surface area contributed by atoms with Gasteiger partial charge in [0, 0.05) is 13.6 Å². The Kier molecular flexibility index (Phi) is 4.41. The van der Waals surface area contributed by atoms with Crippen LogP contribution >= 0.6 is 0 Å². The average Bonchev–Trinajstić information content (AvgIpc) is 2.97. The van der Waals surface area contributed by atoms with Crippen molar-refractivity contribution in [3.8, 4) is 0 Å². The van der Waals surface area contributed by atoms with E-state index >= 15 is 0 Å². The molecule has 2 heterocycles. The van der Waals surface area contributed by atoms with Crippen molar-refractivity contribution in [1.29, 1.82) is 0 Å². The van der Waals surface area contributed by atoms with E-state index in [0.717, 1.165) is 28.0 Å². The molecule has 6 heteroatoms. The van der Waals surface area contributed by atoms with Gasteiger partial charge in [0.25, 0.3) is 5.91 Å². The van der Waals surface area contributed by atoms with Crippen LogP contribution in [0.1, 0.15) is 28.3 Å². The van der Waals surface area contributed by atoms with Crippen molar-refractivity contribution in [2.75, 3.05) is 13.6 Å². The number of hydrogen-bond donors (Lipinski definition) is 1. The van der Waals surface area contributed by atoms with Crippen molar-refractivity contribution in [2.24, 2.45) is 0 Å². The first-order valence-electron chi connectivity index (χ1n) is 9.23. The number of benzene rings is 2. The minimum atomic E-state index is -0.468. The van der Waals surface area contributed by atoms with Gasteiger partial charge in [-0.1, -0.05) is 35.9 Å². The largest absolute Gasteiger partial charge is 0.329 e. The Balaban J connectivity index is 1.68. The third-order valence-electron chi connectivity index (χ3n) is 5.46. The van der Waals surface area contributed by atoms with Crippen LogP contribution in [-0.2, 0) is 11.3 Å². The molecule has 0 saturated heterocycles. The Morgan fingerprint density at radius 1 is 1.11 bits per heavy atom. The highest BCUT2D eigenvalue weighted by Crippen LogP contribution is 2.37. The monoisotopic (exact) mass is 379 g/mol. The molecule has 0 bridgehead atoms. The molecule has 0 saturated carbocycles. The molecule has 0 aromatic heterocycles. The summed E-state index contributed by atoms with van der Waals surface area (Å²) < 4.78 is 13.2. The van der Waals surface area contributed by atoms with Crippen LogP contribution in [-0.4, -0.2) is 35.3 Å². The van der Waals surface area contributed by atoms with E-state index in [0.29, 0.717) is 18.7 Å². The fraction of sp³-hybridized carbons (Fsp3) is 0.273. The number of nitrogens with zero attached hydrogens (tertiary/aromatic N) is 2. The molecule has 1 unspecified atom stereocenters. The lowest BCUT2D eigenvalue weighted by Crippen LogP contribution is -2.45. The first kappa shape index (κ1) is 18.2. The molecule has 0 spiro atoms. The number of likely N-dealkylation sites (N-methyl/N-ethyl adjacent to an activating group) is 1. The standard InChI is InChI=1S/C22H22FN3O2/c1-13-4-9-17(14(2)10-13)20-19-18(25(3)22(28)24-20)12-26(21(19)27)11-15-5-7-16(23)8-6-15/h4-10,20H,11-12H2,1-3H3,(H,24,28). The number of nitrogens with one attached hydrogen (secondary N) is 1. The highest BCUT2D eigenvalue weighted by atomic mass is 19.1. The lowest BCUT2D eigenvalue weighted by molar-refractivity contribution is -0.126. The fourth-order valence-corrected chi connectivity index (χ4v) is 3.94. The predicted molar refractivity (Wildman–Crippen MR) is 104 cm³/mol. The third kappa shape index (κ3) is 3.05.